The van der Waals surface area contributed by atoms with Crippen LogP contribution < -0.4 is 5.32 Å². The van der Waals surface area contributed by atoms with Crippen molar-refractivity contribution in [3.63, 3.8) is 0 Å². The molecule has 4 rings (SSSR count). The number of aromatic nitrogens is 4. The molecular formula is C19H20N6O3S. The van der Waals surface area contributed by atoms with Crippen LogP contribution in [0.15, 0.2) is 60.1 Å². The van der Waals surface area contributed by atoms with Crippen molar-refractivity contribution in [3.05, 3.63) is 66.6 Å². The molecule has 0 spiro atoms. The summed E-state index contributed by atoms with van der Waals surface area (Å²) in [6.45, 7) is 1.39. The van der Waals surface area contributed by atoms with Crippen molar-refractivity contribution in [3.8, 4) is 5.82 Å². The number of amides is 1. The van der Waals surface area contributed by atoms with Crippen molar-refractivity contribution in [1.29, 1.82) is 0 Å². The highest BCUT2D eigenvalue weighted by atomic mass is 32.2. The molecule has 10 heteroatoms. The minimum atomic E-state index is -3.50. The molecule has 0 unspecified atom stereocenters. The Labute approximate surface area is 168 Å². The van der Waals surface area contributed by atoms with Crippen molar-refractivity contribution in [2.24, 2.45) is 0 Å². The number of carbonyl (C=O) groups is 1. The van der Waals surface area contributed by atoms with E-state index in [1.165, 1.54) is 22.9 Å². The number of pyridine rings is 2. The Balaban J connectivity index is 1.44. The van der Waals surface area contributed by atoms with Gasteiger partial charge in [0.1, 0.15) is 22.7 Å². The molecule has 1 saturated heterocycles. The Morgan fingerprint density at radius 3 is 2.59 bits per heavy atom. The van der Waals surface area contributed by atoms with Gasteiger partial charge in [0.25, 0.3) is 5.91 Å². The van der Waals surface area contributed by atoms with Crippen LogP contribution in [0.5, 0.6) is 0 Å². The second-order valence-electron chi connectivity index (χ2n) is 6.63. The fourth-order valence-electron chi connectivity index (χ4n) is 3.08. The van der Waals surface area contributed by atoms with Crippen LogP contribution in [0.25, 0.3) is 5.82 Å². The summed E-state index contributed by atoms with van der Waals surface area (Å²) in [6, 6.07) is 8.60. The lowest BCUT2D eigenvalue weighted by molar-refractivity contribution is 0.0946. The SMILES string of the molecule is O=C(NCc1ccccn1)c1cn(-c2ccc(S(=O)(=O)N3CCCC3)cn2)cn1. The summed E-state index contributed by atoms with van der Waals surface area (Å²) in [5, 5.41) is 2.76. The zero-order valence-corrected chi connectivity index (χ0v) is 16.4. The lowest BCUT2D eigenvalue weighted by Gasteiger charge is -2.15. The quantitative estimate of drug-likeness (QED) is 0.655. The smallest absolute Gasteiger partial charge is 0.271 e. The highest BCUT2D eigenvalue weighted by molar-refractivity contribution is 7.89. The number of imidazole rings is 1. The number of nitrogens with one attached hydrogen (secondary N) is 1. The molecule has 29 heavy (non-hydrogen) atoms. The van der Waals surface area contributed by atoms with E-state index >= 15 is 0 Å². The van der Waals surface area contributed by atoms with Gasteiger partial charge in [-0.25, -0.2) is 18.4 Å². The summed E-state index contributed by atoms with van der Waals surface area (Å²) >= 11 is 0. The maximum Gasteiger partial charge on any atom is 0.271 e. The molecule has 1 amide bonds. The third kappa shape index (κ3) is 4.17. The van der Waals surface area contributed by atoms with Crippen LogP contribution in [-0.2, 0) is 16.6 Å². The predicted octanol–water partition coefficient (Wildman–Crippen LogP) is 1.38. The van der Waals surface area contributed by atoms with Crippen LogP contribution in [0.4, 0.5) is 0 Å². The van der Waals surface area contributed by atoms with Gasteiger partial charge < -0.3 is 5.32 Å². The van der Waals surface area contributed by atoms with Gasteiger partial charge in [-0.15, -0.1) is 0 Å². The Morgan fingerprint density at radius 1 is 1.07 bits per heavy atom. The van der Waals surface area contributed by atoms with E-state index in [-0.39, 0.29) is 16.5 Å². The summed E-state index contributed by atoms with van der Waals surface area (Å²) in [4.78, 5) is 24.9. The largest absolute Gasteiger partial charge is 0.345 e. The van der Waals surface area contributed by atoms with Gasteiger partial charge in [-0.1, -0.05) is 6.07 Å². The van der Waals surface area contributed by atoms with Crippen molar-refractivity contribution in [2.75, 3.05) is 13.1 Å². The number of nitrogens with zero attached hydrogens (tertiary/aromatic N) is 5. The Kier molecular flexibility index (Phi) is 5.36. The van der Waals surface area contributed by atoms with Crippen LogP contribution in [0.3, 0.4) is 0 Å². The third-order valence-corrected chi connectivity index (χ3v) is 6.54. The van der Waals surface area contributed by atoms with E-state index in [0.717, 1.165) is 18.5 Å². The molecule has 0 aromatic carbocycles. The molecule has 3 aromatic rings. The highest BCUT2D eigenvalue weighted by Crippen LogP contribution is 2.20. The Bertz CT molecular complexity index is 1090. The number of hydrogen-bond donors (Lipinski definition) is 1. The summed E-state index contributed by atoms with van der Waals surface area (Å²) in [5.41, 5.74) is 0.980. The topological polar surface area (TPSA) is 110 Å². The number of rotatable bonds is 6. The number of sulfonamides is 1. The van der Waals surface area contributed by atoms with Gasteiger partial charge in [0.15, 0.2) is 0 Å². The van der Waals surface area contributed by atoms with E-state index in [9.17, 15) is 13.2 Å². The molecule has 0 atom stereocenters. The summed E-state index contributed by atoms with van der Waals surface area (Å²) in [7, 11) is -3.50. The zero-order valence-electron chi connectivity index (χ0n) is 15.6. The lowest BCUT2D eigenvalue weighted by Crippen LogP contribution is -2.27. The van der Waals surface area contributed by atoms with E-state index in [1.54, 1.807) is 23.0 Å². The first-order valence-corrected chi connectivity index (χ1v) is 10.7. The van der Waals surface area contributed by atoms with Crippen LogP contribution in [0.1, 0.15) is 29.0 Å². The molecule has 3 aromatic heterocycles. The third-order valence-electron chi connectivity index (χ3n) is 4.66. The summed E-state index contributed by atoms with van der Waals surface area (Å²) in [5.74, 6) is 0.143. The fourth-order valence-corrected chi connectivity index (χ4v) is 4.55. The van der Waals surface area contributed by atoms with Gasteiger partial charge in [-0.2, -0.15) is 4.31 Å². The molecule has 0 bridgehead atoms. The predicted molar refractivity (Wildman–Crippen MR) is 105 cm³/mol. The average molecular weight is 412 g/mol. The minimum Gasteiger partial charge on any atom is -0.345 e. The van der Waals surface area contributed by atoms with Gasteiger partial charge in [0, 0.05) is 31.7 Å². The molecule has 0 saturated carbocycles. The maximum absolute atomic E-state index is 12.6. The van der Waals surface area contributed by atoms with Crippen molar-refractivity contribution in [2.45, 2.75) is 24.3 Å². The van der Waals surface area contributed by atoms with Gasteiger partial charge in [0.05, 0.1) is 12.2 Å². The van der Waals surface area contributed by atoms with Crippen molar-refractivity contribution in [1.82, 2.24) is 29.1 Å². The van der Waals surface area contributed by atoms with E-state index in [2.05, 4.69) is 20.3 Å². The molecule has 1 fully saturated rings. The Morgan fingerprint density at radius 2 is 1.90 bits per heavy atom. The van der Waals surface area contributed by atoms with Gasteiger partial charge >= 0.3 is 0 Å². The molecule has 0 radical (unpaired) electrons. The highest BCUT2D eigenvalue weighted by Gasteiger charge is 2.27. The van der Waals surface area contributed by atoms with E-state index in [4.69, 9.17) is 0 Å². The second kappa shape index (κ2) is 8.10. The van der Waals surface area contributed by atoms with Crippen LogP contribution >= 0.6 is 0 Å². The van der Waals surface area contributed by atoms with E-state index in [0.29, 0.717) is 25.5 Å². The Hall–Kier alpha value is -3.11. The van der Waals surface area contributed by atoms with E-state index in [1.807, 2.05) is 18.2 Å². The van der Waals surface area contributed by atoms with E-state index < -0.39 is 10.0 Å². The molecule has 150 valence electrons. The minimum absolute atomic E-state index is 0.164. The van der Waals surface area contributed by atoms with Crippen molar-refractivity contribution < 1.29 is 13.2 Å². The number of carbonyl (C=O) groups excluding carboxylic acids is 1. The average Bonchev–Trinajstić information content (AvgIpc) is 3.45. The normalized spacial score (nSPS) is 14.8. The second-order valence-corrected chi connectivity index (χ2v) is 8.57. The molecule has 1 aliphatic rings. The first-order chi connectivity index (χ1) is 14.0. The summed E-state index contributed by atoms with van der Waals surface area (Å²) in [6.07, 6.45) is 7.77. The van der Waals surface area contributed by atoms with Gasteiger partial charge in [0.2, 0.25) is 10.0 Å². The monoisotopic (exact) mass is 412 g/mol. The summed E-state index contributed by atoms with van der Waals surface area (Å²) < 4.78 is 28.2. The van der Waals surface area contributed by atoms with Crippen LogP contribution in [0.2, 0.25) is 0 Å². The van der Waals surface area contributed by atoms with Crippen LogP contribution in [0, 0.1) is 0 Å². The molecular weight excluding hydrogens is 392 g/mol. The first-order valence-electron chi connectivity index (χ1n) is 9.23. The van der Waals surface area contributed by atoms with Crippen molar-refractivity contribution >= 4 is 15.9 Å². The zero-order chi connectivity index (χ0) is 20.3. The molecule has 9 nitrogen and oxygen atoms in total. The standard InChI is InChI=1S/C19H20N6O3S/c26-19(22-11-15-5-1-2-8-20-15)17-13-24(14-23-17)18-7-6-16(12-21-18)29(27,28)25-9-3-4-10-25/h1-2,5-8,12-14H,3-4,9-11H2,(H,22,26). The van der Waals surface area contributed by atoms with Gasteiger partial charge in [-0.05, 0) is 37.1 Å². The van der Waals surface area contributed by atoms with Gasteiger partial charge in [-0.3, -0.25) is 14.3 Å². The molecule has 0 aliphatic carbocycles. The molecule has 1 aliphatic heterocycles. The number of hydrogen-bond acceptors (Lipinski definition) is 6. The fraction of sp³-hybridized carbons (Fsp3) is 0.263. The molecule has 4 heterocycles. The molecule has 1 N–H and O–H groups in total. The maximum atomic E-state index is 12.6. The first kappa shape index (κ1) is 19.2. The lowest BCUT2D eigenvalue weighted by atomic mass is 10.3. The van der Waals surface area contributed by atoms with Crippen LogP contribution in [-0.4, -0.2) is 51.2 Å².